The molecule has 0 aliphatic rings. The number of aromatic amines is 1. The molecular formula is C22H23N5. The largest absolute Gasteiger partial charge is 0.370 e. The van der Waals surface area contributed by atoms with Crippen molar-refractivity contribution in [3.05, 3.63) is 77.6 Å². The molecule has 0 saturated heterocycles. The molecule has 136 valence electrons. The summed E-state index contributed by atoms with van der Waals surface area (Å²) in [6, 6.07) is 16.6. The fourth-order valence-electron chi connectivity index (χ4n) is 3.17. The van der Waals surface area contributed by atoms with Gasteiger partial charge < -0.3 is 15.6 Å². The SMILES string of the molecule is Cc1ccc(C)c(Nc2nccc(NCCc3c[nH]c4ccccc34)n2)c1. The number of hydrogen-bond acceptors (Lipinski definition) is 4. The number of nitrogens with zero attached hydrogens (tertiary/aromatic N) is 2. The zero-order chi connectivity index (χ0) is 18.6. The maximum atomic E-state index is 4.58. The molecule has 0 radical (unpaired) electrons. The third kappa shape index (κ3) is 3.92. The predicted octanol–water partition coefficient (Wildman–Crippen LogP) is 4.97. The highest BCUT2D eigenvalue weighted by molar-refractivity contribution is 5.83. The molecule has 2 aromatic carbocycles. The number of para-hydroxylation sites is 1. The fraction of sp³-hybridized carbons (Fsp3) is 0.182. The summed E-state index contributed by atoms with van der Waals surface area (Å²) in [7, 11) is 0. The molecule has 3 N–H and O–H groups in total. The van der Waals surface area contributed by atoms with Crippen LogP contribution in [0.4, 0.5) is 17.5 Å². The van der Waals surface area contributed by atoms with Crippen LogP contribution in [0.2, 0.25) is 0 Å². The zero-order valence-electron chi connectivity index (χ0n) is 15.6. The maximum absolute atomic E-state index is 4.58. The minimum atomic E-state index is 0.598. The van der Waals surface area contributed by atoms with Gasteiger partial charge in [-0.05, 0) is 55.2 Å². The van der Waals surface area contributed by atoms with Crippen molar-refractivity contribution in [1.82, 2.24) is 15.0 Å². The molecule has 0 unspecified atom stereocenters. The van der Waals surface area contributed by atoms with Gasteiger partial charge in [-0.3, -0.25) is 0 Å². The van der Waals surface area contributed by atoms with E-state index in [9.17, 15) is 0 Å². The molecule has 4 rings (SSSR count). The smallest absolute Gasteiger partial charge is 0.229 e. The lowest BCUT2D eigenvalue weighted by atomic mass is 10.1. The van der Waals surface area contributed by atoms with Crippen molar-refractivity contribution in [2.45, 2.75) is 20.3 Å². The summed E-state index contributed by atoms with van der Waals surface area (Å²) in [4.78, 5) is 12.2. The third-order valence-electron chi connectivity index (χ3n) is 4.67. The Balaban J connectivity index is 1.41. The number of anilines is 3. The molecule has 0 aliphatic carbocycles. The molecule has 0 fully saturated rings. The van der Waals surface area contributed by atoms with Crippen molar-refractivity contribution in [1.29, 1.82) is 0 Å². The van der Waals surface area contributed by atoms with Crippen LogP contribution in [0.15, 0.2) is 60.9 Å². The van der Waals surface area contributed by atoms with E-state index in [1.165, 1.54) is 27.6 Å². The van der Waals surface area contributed by atoms with Gasteiger partial charge in [-0.25, -0.2) is 4.98 Å². The number of aromatic nitrogens is 3. The quantitative estimate of drug-likeness (QED) is 0.456. The van der Waals surface area contributed by atoms with Gasteiger partial charge in [0.2, 0.25) is 5.95 Å². The van der Waals surface area contributed by atoms with Crippen LogP contribution in [0.5, 0.6) is 0 Å². The minimum absolute atomic E-state index is 0.598. The number of rotatable bonds is 6. The second-order valence-electron chi connectivity index (χ2n) is 6.75. The van der Waals surface area contributed by atoms with Crippen LogP contribution in [-0.4, -0.2) is 21.5 Å². The zero-order valence-corrected chi connectivity index (χ0v) is 15.6. The number of fused-ring (bicyclic) bond motifs is 1. The summed E-state index contributed by atoms with van der Waals surface area (Å²) in [5.74, 6) is 1.42. The predicted molar refractivity (Wildman–Crippen MR) is 112 cm³/mol. The molecule has 5 nitrogen and oxygen atoms in total. The van der Waals surface area contributed by atoms with E-state index in [0.717, 1.165) is 24.5 Å². The highest BCUT2D eigenvalue weighted by Gasteiger charge is 2.05. The molecule has 2 aromatic heterocycles. The average Bonchev–Trinajstić information content (AvgIpc) is 3.08. The van der Waals surface area contributed by atoms with E-state index in [1.54, 1.807) is 6.20 Å². The first kappa shape index (κ1) is 17.1. The molecule has 4 aromatic rings. The van der Waals surface area contributed by atoms with E-state index in [2.05, 4.69) is 82.0 Å². The fourth-order valence-corrected chi connectivity index (χ4v) is 3.17. The van der Waals surface area contributed by atoms with Gasteiger partial charge in [-0.1, -0.05) is 30.3 Å². The molecule has 0 spiro atoms. The van der Waals surface area contributed by atoms with Crippen molar-refractivity contribution in [3.63, 3.8) is 0 Å². The van der Waals surface area contributed by atoms with E-state index in [0.29, 0.717) is 5.95 Å². The Hall–Kier alpha value is -3.34. The Bertz CT molecular complexity index is 1070. The van der Waals surface area contributed by atoms with Crippen LogP contribution >= 0.6 is 0 Å². The Labute approximate surface area is 158 Å². The Morgan fingerprint density at radius 3 is 2.85 bits per heavy atom. The van der Waals surface area contributed by atoms with Gasteiger partial charge in [0.05, 0.1) is 0 Å². The molecule has 0 amide bonds. The van der Waals surface area contributed by atoms with E-state index in [-0.39, 0.29) is 0 Å². The molecule has 0 atom stereocenters. The standard InChI is InChI=1S/C22H23N5/c1-15-7-8-16(2)20(13-15)26-22-24-12-10-21(27-22)23-11-9-17-14-25-19-6-4-3-5-18(17)19/h3-8,10,12-14,25H,9,11H2,1-2H3,(H2,23,24,26,27). The van der Waals surface area contributed by atoms with Crippen LogP contribution < -0.4 is 10.6 Å². The second-order valence-corrected chi connectivity index (χ2v) is 6.75. The lowest BCUT2D eigenvalue weighted by Gasteiger charge is -2.11. The van der Waals surface area contributed by atoms with Crippen LogP contribution in [-0.2, 0) is 6.42 Å². The Morgan fingerprint density at radius 2 is 1.93 bits per heavy atom. The number of H-pyrrole nitrogens is 1. The van der Waals surface area contributed by atoms with Gasteiger partial charge in [-0.15, -0.1) is 0 Å². The van der Waals surface area contributed by atoms with Gasteiger partial charge in [-0.2, -0.15) is 4.98 Å². The van der Waals surface area contributed by atoms with Crippen molar-refractivity contribution in [3.8, 4) is 0 Å². The second kappa shape index (κ2) is 7.50. The maximum Gasteiger partial charge on any atom is 0.229 e. The van der Waals surface area contributed by atoms with E-state index < -0.39 is 0 Å². The van der Waals surface area contributed by atoms with Crippen LogP contribution in [0.3, 0.4) is 0 Å². The number of hydrogen-bond donors (Lipinski definition) is 3. The molecule has 0 aliphatic heterocycles. The normalized spacial score (nSPS) is 10.9. The first-order chi connectivity index (χ1) is 13.2. The number of nitrogens with one attached hydrogen (secondary N) is 3. The molecule has 5 heteroatoms. The monoisotopic (exact) mass is 357 g/mol. The van der Waals surface area contributed by atoms with Crippen LogP contribution in [0.25, 0.3) is 10.9 Å². The van der Waals surface area contributed by atoms with E-state index in [1.807, 2.05) is 12.1 Å². The highest BCUT2D eigenvalue weighted by Crippen LogP contribution is 2.21. The Kier molecular flexibility index (Phi) is 4.75. The average molecular weight is 357 g/mol. The Morgan fingerprint density at radius 1 is 1.04 bits per heavy atom. The lowest BCUT2D eigenvalue weighted by molar-refractivity contribution is 1.01. The first-order valence-electron chi connectivity index (χ1n) is 9.15. The van der Waals surface area contributed by atoms with Crippen LogP contribution in [0, 0.1) is 13.8 Å². The van der Waals surface area contributed by atoms with Crippen molar-refractivity contribution in [2.75, 3.05) is 17.2 Å². The highest BCUT2D eigenvalue weighted by atomic mass is 15.1. The molecule has 0 bridgehead atoms. The van der Waals surface area contributed by atoms with Crippen LogP contribution in [0.1, 0.15) is 16.7 Å². The van der Waals surface area contributed by atoms with Gasteiger partial charge in [0.25, 0.3) is 0 Å². The minimum Gasteiger partial charge on any atom is -0.370 e. The molecular weight excluding hydrogens is 334 g/mol. The van der Waals surface area contributed by atoms with E-state index >= 15 is 0 Å². The van der Waals surface area contributed by atoms with Crippen molar-refractivity contribution >= 4 is 28.4 Å². The number of benzene rings is 2. The van der Waals surface area contributed by atoms with Crippen molar-refractivity contribution < 1.29 is 0 Å². The van der Waals surface area contributed by atoms with Gasteiger partial charge in [0.1, 0.15) is 5.82 Å². The van der Waals surface area contributed by atoms with Crippen molar-refractivity contribution in [2.24, 2.45) is 0 Å². The summed E-state index contributed by atoms with van der Waals surface area (Å²) in [5.41, 5.74) is 5.89. The molecule has 27 heavy (non-hydrogen) atoms. The summed E-state index contributed by atoms with van der Waals surface area (Å²) < 4.78 is 0. The van der Waals surface area contributed by atoms with E-state index in [4.69, 9.17) is 0 Å². The topological polar surface area (TPSA) is 65.6 Å². The summed E-state index contributed by atoms with van der Waals surface area (Å²) >= 11 is 0. The summed E-state index contributed by atoms with van der Waals surface area (Å²) in [6.07, 6.45) is 4.78. The summed E-state index contributed by atoms with van der Waals surface area (Å²) in [5, 5.41) is 7.99. The van der Waals surface area contributed by atoms with Gasteiger partial charge in [0.15, 0.2) is 0 Å². The molecule has 0 saturated carbocycles. The van der Waals surface area contributed by atoms with Gasteiger partial charge in [0, 0.05) is 35.5 Å². The van der Waals surface area contributed by atoms with Gasteiger partial charge >= 0.3 is 0 Å². The number of aryl methyl sites for hydroxylation is 2. The first-order valence-corrected chi connectivity index (χ1v) is 9.15. The lowest BCUT2D eigenvalue weighted by Crippen LogP contribution is -2.08. The molecule has 2 heterocycles. The third-order valence-corrected chi connectivity index (χ3v) is 4.67. The summed E-state index contributed by atoms with van der Waals surface area (Å²) in [6.45, 7) is 4.96.